The summed E-state index contributed by atoms with van der Waals surface area (Å²) in [5.41, 5.74) is 8.10. The molecule has 1 heterocycles. The number of nitrogens with zero attached hydrogens (tertiary/aromatic N) is 3. The lowest BCUT2D eigenvalue weighted by Crippen LogP contribution is -2.35. The summed E-state index contributed by atoms with van der Waals surface area (Å²) in [6.07, 6.45) is -1.12. The number of rotatable bonds is 4. The third-order valence-electron chi connectivity index (χ3n) is 3.13. The Bertz CT molecular complexity index is 636. The maximum atomic E-state index is 10.8. The first kappa shape index (κ1) is 15.0. The molecule has 4 N–H and O–H groups in total. The fourth-order valence-corrected chi connectivity index (χ4v) is 1.96. The highest BCUT2D eigenvalue weighted by atomic mass is 16.5. The molecule has 2 aromatic rings. The van der Waals surface area contributed by atoms with E-state index in [0.717, 1.165) is 16.9 Å². The van der Waals surface area contributed by atoms with Crippen molar-refractivity contribution in [2.75, 3.05) is 6.54 Å². The van der Waals surface area contributed by atoms with Crippen LogP contribution >= 0.6 is 0 Å². The first-order chi connectivity index (χ1) is 9.88. The van der Waals surface area contributed by atoms with Gasteiger partial charge in [0.25, 0.3) is 0 Å². The van der Waals surface area contributed by atoms with Crippen LogP contribution in [0.2, 0.25) is 0 Å². The smallest absolute Gasteiger partial charge is 0.338 e. The zero-order valence-electron chi connectivity index (χ0n) is 11.9. The molecule has 7 heteroatoms. The van der Waals surface area contributed by atoms with Crippen molar-refractivity contribution in [1.82, 2.24) is 14.8 Å². The molecule has 2 rings (SSSR count). The first-order valence-electron chi connectivity index (χ1n) is 6.46. The monoisotopic (exact) mass is 290 g/mol. The molecule has 0 saturated carbocycles. The van der Waals surface area contributed by atoms with Crippen molar-refractivity contribution in [3.63, 3.8) is 0 Å². The van der Waals surface area contributed by atoms with Crippen molar-refractivity contribution in [2.24, 2.45) is 5.73 Å². The minimum absolute atomic E-state index is 0.255. The lowest BCUT2D eigenvalue weighted by atomic mass is 10.2. The number of amides is 2. The van der Waals surface area contributed by atoms with Crippen LogP contribution in [0.15, 0.2) is 30.3 Å². The summed E-state index contributed by atoms with van der Waals surface area (Å²) >= 11 is 0. The summed E-state index contributed by atoms with van der Waals surface area (Å²) < 4.78 is 1.68. The van der Waals surface area contributed by atoms with Crippen molar-refractivity contribution in [3.05, 3.63) is 47.3 Å². The van der Waals surface area contributed by atoms with Crippen LogP contribution in [0.25, 0.3) is 5.69 Å². The topological polar surface area (TPSA) is 105 Å². The van der Waals surface area contributed by atoms with Gasteiger partial charge in [-0.2, -0.15) is 5.10 Å². The number of carbonyl (C=O) groups excluding carboxylic acids is 1. The van der Waals surface area contributed by atoms with E-state index in [9.17, 15) is 15.1 Å². The van der Waals surface area contributed by atoms with Gasteiger partial charge in [0.1, 0.15) is 6.10 Å². The van der Waals surface area contributed by atoms with Gasteiger partial charge >= 0.3 is 6.03 Å². The van der Waals surface area contributed by atoms with Crippen molar-refractivity contribution in [1.29, 1.82) is 0 Å². The minimum Gasteiger partial charge on any atom is -0.385 e. The van der Waals surface area contributed by atoms with Gasteiger partial charge in [-0.15, -0.1) is 0 Å². The normalized spacial score (nSPS) is 12.2. The van der Waals surface area contributed by atoms with Gasteiger partial charge in [-0.3, -0.25) is 5.21 Å². The number of benzene rings is 1. The average molecular weight is 290 g/mol. The second-order valence-electron chi connectivity index (χ2n) is 4.89. The van der Waals surface area contributed by atoms with Crippen LogP contribution in [0, 0.1) is 13.8 Å². The fraction of sp³-hybridized carbons (Fsp3) is 0.286. The molecule has 1 atom stereocenters. The third-order valence-corrected chi connectivity index (χ3v) is 3.13. The molecule has 7 nitrogen and oxygen atoms in total. The summed E-state index contributed by atoms with van der Waals surface area (Å²) in [5.74, 6) is 0. The van der Waals surface area contributed by atoms with E-state index in [1.807, 2.05) is 38.1 Å². The van der Waals surface area contributed by atoms with Gasteiger partial charge in [-0.05, 0) is 32.0 Å². The van der Waals surface area contributed by atoms with Crippen molar-refractivity contribution in [2.45, 2.75) is 20.0 Å². The average Bonchev–Trinajstić information content (AvgIpc) is 2.81. The number of aromatic nitrogens is 2. The Morgan fingerprint density at radius 1 is 1.38 bits per heavy atom. The van der Waals surface area contributed by atoms with Gasteiger partial charge in [0.05, 0.1) is 17.9 Å². The van der Waals surface area contributed by atoms with Crippen LogP contribution in [0.1, 0.15) is 23.1 Å². The van der Waals surface area contributed by atoms with Crippen LogP contribution < -0.4 is 5.73 Å². The number of hydroxylamine groups is 2. The Labute approximate surface area is 122 Å². The zero-order valence-corrected chi connectivity index (χ0v) is 11.9. The van der Waals surface area contributed by atoms with Crippen molar-refractivity contribution >= 4 is 6.03 Å². The molecule has 0 aliphatic carbocycles. The Kier molecular flexibility index (Phi) is 4.25. The highest BCUT2D eigenvalue weighted by Gasteiger charge is 2.18. The molecule has 0 radical (unpaired) electrons. The SMILES string of the molecule is Cc1ccc(-n2nc(C(O)CN(O)C(N)=O)cc2C)cc1. The molecule has 0 bridgehead atoms. The van der Waals surface area contributed by atoms with Crippen molar-refractivity contribution in [3.8, 4) is 5.69 Å². The summed E-state index contributed by atoms with van der Waals surface area (Å²) in [5, 5.41) is 23.8. The van der Waals surface area contributed by atoms with Crippen LogP contribution in [0.5, 0.6) is 0 Å². The van der Waals surface area contributed by atoms with Crippen LogP contribution in [-0.2, 0) is 0 Å². The summed E-state index contributed by atoms with van der Waals surface area (Å²) in [7, 11) is 0. The molecule has 1 aromatic carbocycles. The van der Waals surface area contributed by atoms with Gasteiger partial charge in [-0.25, -0.2) is 14.5 Å². The van der Waals surface area contributed by atoms with E-state index in [1.165, 1.54) is 0 Å². The number of aryl methyl sites for hydroxylation is 2. The number of aliphatic hydroxyl groups is 1. The number of urea groups is 1. The van der Waals surface area contributed by atoms with Gasteiger partial charge in [0, 0.05) is 5.69 Å². The lowest BCUT2D eigenvalue weighted by molar-refractivity contribution is -0.0671. The van der Waals surface area contributed by atoms with E-state index in [4.69, 9.17) is 5.73 Å². The van der Waals surface area contributed by atoms with Gasteiger partial charge < -0.3 is 10.8 Å². The maximum absolute atomic E-state index is 10.8. The number of carbonyl (C=O) groups is 1. The van der Waals surface area contributed by atoms with Crippen LogP contribution in [-0.4, -0.2) is 37.7 Å². The Morgan fingerprint density at radius 3 is 2.57 bits per heavy atom. The predicted molar refractivity (Wildman–Crippen MR) is 76.1 cm³/mol. The van der Waals surface area contributed by atoms with E-state index < -0.39 is 12.1 Å². The van der Waals surface area contributed by atoms with Crippen LogP contribution in [0.3, 0.4) is 0 Å². The van der Waals surface area contributed by atoms with E-state index in [2.05, 4.69) is 5.10 Å². The molecule has 1 unspecified atom stereocenters. The van der Waals surface area contributed by atoms with Gasteiger partial charge in [-0.1, -0.05) is 17.7 Å². The predicted octanol–water partition coefficient (Wildman–Crippen LogP) is 1.29. The molecule has 0 fully saturated rings. The number of primary amides is 1. The fourth-order valence-electron chi connectivity index (χ4n) is 1.96. The number of hydrogen-bond donors (Lipinski definition) is 3. The largest absolute Gasteiger partial charge is 0.385 e. The molecular formula is C14H18N4O3. The summed E-state index contributed by atoms with van der Waals surface area (Å²) in [6, 6.07) is 8.45. The van der Waals surface area contributed by atoms with Crippen molar-refractivity contribution < 1.29 is 15.1 Å². The lowest BCUT2D eigenvalue weighted by Gasteiger charge is -2.15. The van der Waals surface area contributed by atoms with E-state index in [1.54, 1.807) is 10.7 Å². The molecule has 1 aromatic heterocycles. The second kappa shape index (κ2) is 5.94. The number of nitrogens with two attached hydrogens (primary N) is 1. The van der Waals surface area contributed by atoms with E-state index in [-0.39, 0.29) is 11.6 Å². The standard InChI is InChI=1S/C14H18N4O3/c1-9-3-5-11(6-4-9)18-10(2)7-12(16-18)13(19)8-17(21)14(15)20/h3-7,13,19,21H,8H2,1-2H3,(H2,15,20). The molecule has 0 aliphatic rings. The quantitative estimate of drug-likeness (QED) is 0.583. The minimum atomic E-state index is -1.12. The highest BCUT2D eigenvalue weighted by Crippen LogP contribution is 2.18. The highest BCUT2D eigenvalue weighted by molar-refractivity contribution is 5.70. The number of aliphatic hydroxyl groups excluding tert-OH is 1. The first-order valence-corrected chi connectivity index (χ1v) is 6.46. The molecule has 0 spiro atoms. The van der Waals surface area contributed by atoms with Gasteiger partial charge in [0.2, 0.25) is 0 Å². The van der Waals surface area contributed by atoms with Gasteiger partial charge in [0.15, 0.2) is 0 Å². The molecule has 0 aliphatic heterocycles. The Balaban J connectivity index is 2.22. The zero-order chi connectivity index (χ0) is 15.6. The maximum Gasteiger partial charge on any atom is 0.338 e. The Morgan fingerprint density at radius 2 is 2.00 bits per heavy atom. The molecule has 112 valence electrons. The molecule has 2 amide bonds. The number of hydrogen-bond acceptors (Lipinski definition) is 4. The molecular weight excluding hydrogens is 272 g/mol. The Hall–Kier alpha value is -2.38. The summed E-state index contributed by atoms with van der Waals surface area (Å²) in [6.45, 7) is 3.52. The second-order valence-corrected chi connectivity index (χ2v) is 4.89. The molecule has 0 saturated heterocycles. The van der Waals surface area contributed by atoms with E-state index >= 15 is 0 Å². The molecule has 21 heavy (non-hydrogen) atoms. The van der Waals surface area contributed by atoms with Crippen LogP contribution in [0.4, 0.5) is 4.79 Å². The van der Waals surface area contributed by atoms with E-state index in [0.29, 0.717) is 5.69 Å². The third kappa shape index (κ3) is 3.39. The summed E-state index contributed by atoms with van der Waals surface area (Å²) in [4.78, 5) is 10.8.